The number of methoxy groups -OCH3 is 1. The lowest BCUT2D eigenvalue weighted by Gasteiger charge is -2.05. The van der Waals surface area contributed by atoms with Crippen LogP contribution in [0, 0.1) is 0 Å². The van der Waals surface area contributed by atoms with Crippen molar-refractivity contribution in [1.82, 2.24) is 5.32 Å². The molecule has 1 heterocycles. The Labute approximate surface area is 70.9 Å². The van der Waals surface area contributed by atoms with E-state index in [1.54, 1.807) is 11.8 Å². The monoisotopic (exact) mass is 175 g/mol. The predicted octanol–water partition coefficient (Wildman–Crippen LogP) is 0.254. The summed E-state index contributed by atoms with van der Waals surface area (Å²) in [5, 5.41) is 3.85. The molecule has 0 aromatic heterocycles. The van der Waals surface area contributed by atoms with Crippen LogP contribution in [0.5, 0.6) is 0 Å². The highest BCUT2D eigenvalue weighted by molar-refractivity contribution is 8.00. The summed E-state index contributed by atoms with van der Waals surface area (Å²) in [5.74, 6) is 0.366. The Morgan fingerprint density at radius 1 is 1.82 bits per heavy atom. The lowest BCUT2D eigenvalue weighted by atomic mass is 10.4. The summed E-state index contributed by atoms with van der Waals surface area (Å²) in [4.78, 5) is 10.7. The molecule has 0 aromatic carbocycles. The SMILES string of the molecule is COC(=O)CS[C@H]1CCNC1. The lowest BCUT2D eigenvalue weighted by Crippen LogP contribution is -2.13. The van der Waals surface area contributed by atoms with Crippen LogP contribution in [0.2, 0.25) is 0 Å². The zero-order valence-corrected chi connectivity index (χ0v) is 7.45. The number of esters is 1. The zero-order valence-electron chi connectivity index (χ0n) is 6.63. The largest absolute Gasteiger partial charge is 0.468 e. The molecule has 1 fully saturated rings. The molecule has 1 aliphatic heterocycles. The van der Waals surface area contributed by atoms with Gasteiger partial charge in [-0.2, -0.15) is 0 Å². The summed E-state index contributed by atoms with van der Waals surface area (Å²) in [6.45, 7) is 2.11. The van der Waals surface area contributed by atoms with Gasteiger partial charge in [0.25, 0.3) is 0 Å². The Balaban J connectivity index is 2.06. The molecule has 0 aliphatic carbocycles. The van der Waals surface area contributed by atoms with Gasteiger partial charge in [0.15, 0.2) is 0 Å². The number of thioether (sulfide) groups is 1. The third-order valence-electron chi connectivity index (χ3n) is 1.68. The van der Waals surface area contributed by atoms with Crippen LogP contribution in [-0.4, -0.2) is 37.2 Å². The molecule has 11 heavy (non-hydrogen) atoms. The van der Waals surface area contributed by atoms with Crippen LogP contribution >= 0.6 is 11.8 Å². The van der Waals surface area contributed by atoms with Crippen molar-refractivity contribution in [2.24, 2.45) is 0 Å². The van der Waals surface area contributed by atoms with Crippen molar-refractivity contribution >= 4 is 17.7 Å². The van der Waals surface area contributed by atoms with E-state index in [4.69, 9.17) is 0 Å². The predicted molar refractivity (Wildman–Crippen MR) is 45.7 cm³/mol. The smallest absolute Gasteiger partial charge is 0.315 e. The van der Waals surface area contributed by atoms with E-state index < -0.39 is 0 Å². The number of hydrogen-bond donors (Lipinski definition) is 1. The highest BCUT2D eigenvalue weighted by atomic mass is 32.2. The Bertz CT molecular complexity index is 134. The van der Waals surface area contributed by atoms with E-state index in [1.165, 1.54) is 13.5 Å². The number of hydrogen-bond acceptors (Lipinski definition) is 4. The number of carbonyl (C=O) groups excluding carboxylic acids is 1. The van der Waals surface area contributed by atoms with Gasteiger partial charge >= 0.3 is 5.97 Å². The molecule has 1 atom stereocenters. The lowest BCUT2D eigenvalue weighted by molar-refractivity contribution is -0.137. The van der Waals surface area contributed by atoms with Crippen molar-refractivity contribution in [2.75, 3.05) is 26.0 Å². The first-order valence-corrected chi connectivity index (χ1v) is 4.77. The van der Waals surface area contributed by atoms with Gasteiger partial charge in [-0.1, -0.05) is 0 Å². The van der Waals surface area contributed by atoms with Gasteiger partial charge in [0, 0.05) is 11.8 Å². The minimum Gasteiger partial charge on any atom is -0.468 e. The Morgan fingerprint density at radius 2 is 2.64 bits per heavy atom. The van der Waals surface area contributed by atoms with Gasteiger partial charge in [-0.3, -0.25) is 4.79 Å². The van der Waals surface area contributed by atoms with Crippen molar-refractivity contribution in [3.05, 3.63) is 0 Å². The van der Waals surface area contributed by atoms with Crippen LogP contribution in [0.15, 0.2) is 0 Å². The molecule has 4 heteroatoms. The molecule has 0 saturated carbocycles. The summed E-state index contributed by atoms with van der Waals surface area (Å²) >= 11 is 1.68. The molecule has 0 aromatic rings. The van der Waals surface area contributed by atoms with Crippen molar-refractivity contribution in [3.8, 4) is 0 Å². The van der Waals surface area contributed by atoms with Crippen molar-refractivity contribution in [1.29, 1.82) is 0 Å². The maximum atomic E-state index is 10.7. The van der Waals surface area contributed by atoms with Crippen LogP contribution in [0.4, 0.5) is 0 Å². The molecule has 1 aliphatic rings. The molecular weight excluding hydrogens is 162 g/mol. The van der Waals surface area contributed by atoms with E-state index in [0.717, 1.165) is 13.1 Å². The Kier molecular flexibility index (Phi) is 3.72. The molecule has 64 valence electrons. The van der Waals surface area contributed by atoms with E-state index in [9.17, 15) is 4.79 Å². The summed E-state index contributed by atoms with van der Waals surface area (Å²) in [6.07, 6.45) is 1.17. The molecule has 1 saturated heterocycles. The third-order valence-corrected chi connectivity index (χ3v) is 2.96. The first-order valence-electron chi connectivity index (χ1n) is 3.72. The normalized spacial score (nSPS) is 23.5. The summed E-state index contributed by atoms with van der Waals surface area (Å²) in [5.41, 5.74) is 0. The fraction of sp³-hybridized carbons (Fsp3) is 0.857. The summed E-state index contributed by atoms with van der Waals surface area (Å²) < 4.78 is 4.53. The van der Waals surface area contributed by atoms with Gasteiger partial charge in [0.1, 0.15) is 0 Å². The molecule has 3 nitrogen and oxygen atoms in total. The van der Waals surface area contributed by atoms with E-state index >= 15 is 0 Å². The van der Waals surface area contributed by atoms with Gasteiger partial charge < -0.3 is 10.1 Å². The first-order chi connectivity index (χ1) is 5.33. The second kappa shape index (κ2) is 4.62. The van der Waals surface area contributed by atoms with Crippen LogP contribution in [0.3, 0.4) is 0 Å². The zero-order chi connectivity index (χ0) is 8.10. The van der Waals surface area contributed by atoms with Crippen molar-refractivity contribution < 1.29 is 9.53 Å². The number of rotatable bonds is 3. The number of nitrogens with one attached hydrogen (secondary N) is 1. The molecule has 1 N–H and O–H groups in total. The van der Waals surface area contributed by atoms with Crippen molar-refractivity contribution in [3.63, 3.8) is 0 Å². The van der Waals surface area contributed by atoms with Crippen LogP contribution in [-0.2, 0) is 9.53 Å². The fourth-order valence-corrected chi connectivity index (χ4v) is 2.03. The molecular formula is C7H13NO2S. The van der Waals surface area contributed by atoms with Gasteiger partial charge in [0.05, 0.1) is 12.9 Å². The minimum absolute atomic E-state index is 0.123. The fourth-order valence-electron chi connectivity index (χ4n) is 1.02. The van der Waals surface area contributed by atoms with E-state index in [1.807, 2.05) is 0 Å². The number of ether oxygens (including phenoxy) is 1. The molecule has 0 radical (unpaired) electrons. The summed E-state index contributed by atoms with van der Waals surface area (Å²) in [6, 6.07) is 0. The van der Waals surface area contributed by atoms with Crippen LogP contribution in [0.1, 0.15) is 6.42 Å². The maximum Gasteiger partial charge on any atom is 0.315 e. The topological polar surface area (TPSA) is 38.3 Å². The average molecular weight is 175 g/mol. The van der Waals surface area contributed by atoms with E-state index in [0.29, 0.717) is 11.0 Å². The second-order valence-corrected chi connectivity index (χ2v) is 3.79. The van der Waals surface area contributed by atoms with Gasteiger partial charge in [-0.15, -0.1) is 11.8 Å². The van der Waals surface area contributed by atoms with Gasteiger partial charge in [0.2, 0.25) is 0 Å². The molecule has 0 unspecified atom stereocenters. The Hall–Kier alpha value is -0.220. The summed E-state index contributed by atoms with van der Waals surface area (Å²) in [7, 11) is 1.43. The number of carbonyl (C=O) groups is 1. The van der Waals surface area contributed by atoms with E-state index in [2.05, 4.69) is 10.1 Å². The Morgan fingerprint density at radius 3 is 3.18 bits per heavy atom. The second-order valence-electron chi connectivity index (χ2n) is 2.50. The molecule has 1 rings (SSSR count). The minimum atomic E-state index is -0.123. The van der Waals surface area contributed by atoms with Gasteiger partial charge in [-0.05, 0) is 13.0 Å². The standard InChI is InChI=1S/C7H13NO2S/c1-10-7(9)5-11-6-2-3-8-4-6/h6,8H,2-5H2,1H3/t6-/m0/s1. The highest BCUT2D eigenvalue weighted by Gasteiger charge is 2.15. The van der Waals surface area contributed by atoms with Crippen LogP contribution in [0.25, 0.3) is 0 Å². The van der Waals surface area contributed by atoms with Gasteiger partial charge in [-0.25, -0.2) is 0 Å². The maximum absolute atomic E-state index is 10.7. The van der Waals surface area contributed by atoms with Crippen molar-refractivity contribution in [2.45, 2.75) is 11.7 Å². The quantitative estimate of drug-likeness (QED) is 0.624. The van der Waals surface area contributed by atoms with Crippen LogP contribution < -0.4 is 5.32 Å². The average Bonchev–Trinajstić information content (AvgIpc) is 2.52. The third kappa shape index (κ3) is 3.12. The highest BCUT2D eigenvalue weighted by Crippen LogP contribution is 2.16. The molecule has 0 amide bonds. The van der Waals surface area contributed by atoms with E-state index in [-0.39, 0.29) is 5.97 Å². The first kappa shape index (κ1) is 8.87. The molecule has 0 bridgehead atoms. The molecule has 0 spiro atoms.